The number of hydrogen-bond acceptors (Lipinski definition) is 4. The van der Waals surface area contributed by atoms with Crippen molar-refractivity contribution in [2.45, 2.75) is 33.9 Å². The Kier molecular flexibility index (Phi) is 6.16. The van der Waals surface area contributed by atoms with E-state index >= 15 is 0 Å². The molecule has 0 saturated heterocycles. The lowest BCUT2D eigenvalue weighted by Gasteiger charge is -2.14. The molecule has 0 saturated carbocycles. The average Bonchev–Trinajstić information content (AvgIpc) is 2.70. The summed E-state index contributed by atoms with van der Waals surface area (Å²) in [5.41, 5.74) is 1.82. The van der Waals surface area contributed by atoms with Crippen LogP contribution in [0.2, 0.25) is 0 Å². The number of hydrogen-bond donors (Lipinski definition) is 1. The van der Waals surface area contributed by atoms with E-state index in [1.807, 2.05) is 32.0 Å². The Morgan fingerprint density at radius 2 is 1.83 bits per heavy atom. The van der Waals surface area contributed by atoms with Gasteiger partial charge < -0.3 is 10.1 Å². The van der Waals surface area contributed by atoms with Crippen molar-refractivity contribution in [3.63, 3.8) is 0 Å². The molecule has 1 amide bonds. The van der Waals surface area contributed by atoms with Crippen LogP contribution in [0.5, 0.6) is 5.75 Å². The van der Waals surface area contributed by atoms with Crippen LogP contribution in [0.4, 0.5) is 0 Å². The summed E-state index contributed by atoms with van der Waals surface area (Å²) in [6.07, 6.45) is 0. The first-order valence-corrected chi connectivity index (χ1v) is 9.61. The second-order valence-electron chi connectivity index (χ2n) is 6.90. The fourth-order valence-electron chi connectivity index (χ4n) is 3.31. The number of fused-ring (bicyclic) bond motifs is 1. The molecule has 0 bridgehead atoms. The smallest absolute Gasteiger partial charge is 0.331 e. The van der Waals surface area contributed by atoms with E-state index in [9.17, 15) is 14.4 Å². The van der Waals surface area contributed by atoms with E-state index in [0.29, 0.717) is 24.1 Å². The van der Waals surface area contributed by atoms with Crippen molar-refractivity contribution in [2.24, 2.45) is 0 Å². The highest BCUT2D eigenvalue weighted by atomic mass is 16.5. The van der Waals surface area contributed by atoms with E-state index in [4.69, 9.17) is 4.74 Å². The molecule has 0 aliphatic heterocycles. The summed E-state index contributed by atoms with van der Waals surface area (Å²) in [6.45, 7) is 6.43. The number of rotatable bonds is 7. The van der Waals surface area contributed by atoms with Crippen molar-refractivity contribution < 1.29 is 9.53 Å². The normalized spacial score (nSPS) is 10.9. The molecular weight excluding hydrogens is 370 g/mol. The van der Waals surface area contributed by atoms with Gasteiger partial charge in [-0.15, -0.1) is 0 Å². The highest BCUT2D eigenvalue weighted by molar-refractivity contribution is 5.81. The molecule has 3 rings (SSSR count). The van der Waals surface area contributed by atoms with Crippen LogP contribution in [0.15, 0.2) is 52.1 Å². The fourth-order valence-corrected chi connectivity index (χ4v) is 3.31. The van der Waals surface area contributed by atoms with Gasteiger partial charge in [0.2, 0.25) is 5.91 Å². The van der Waals surface area contributed by atoms with Crippen molar-refractivity contribution in [3.05, 3.63) is 74.4 Å². The molecule has 0 spiro atoms. The van der Waals surface area contributed by atoms with Crippen LogP contribution in [0, 0.1) is 13.8 Å². The van der Waals surface area contributed by atoms with Gasteiger partial charge in [-0.2, -0.15) is 0 Å². The second kappa shape index (κ2) is 8.77. The summed E-state index contributed by atoms with van der Waals surface area (Å²) in [7, 11) is 0. The minimum atomic E-state index is -0.488. The van der Waals surface area contributed by atoms with Crippen molar-refractivity contribution in [1.82, 2.24) is 14.5 Å². The minimum Gasteiger partial charge on any atom is -0.491 e. The molecule has 7 heteroatoms. The number of carbonyl (C=O) groups excluding carboxylic acids is 1. The van der Waals surface area contributed by atoms with Crippen LogP contribution in [0.25, 0.3) is 10.9 Å². The Labute approximate surface area is 168 Å². The highest BCUT2D eigenvalue weighted by Gasteiger charge is 2.14. The van der Waals surface area contributed by atoms with E-state index in [0.717, 1.165) is 21.4 Å². The summed E-state index contributed by atoms with van der Waals surface area (Å²) >= 11 is 0. The number of amides is 1. The zero-order valence-electron chi connectivity index (χ0n) is 16.9. The van der Waals surface area contributed by atoms with Crippen LogP contribution in [0.1, 0.15) is 18.1 Å². The number of ether oxygens (including phenoxy) is 1. The predicted molar refractivity (Wildman–Crippen MR) is 113 cm³/mol. The summed E-state index contributed by atoms with van der Waals surface area (Å²) < 4.78 is 8.18. The van der Waals surface area contributed by atoms with Crippen molar-refractivity contribution in [1.29, 1.82) is 0 Å². The molecule has 1 heterocycles. The molecule has 1 aromatic heterocycles. The Hall–Kier alpha value is -3.35. The molecule has 1 N–H and O–H groups in total. The van der Waals surface area contributed by atoms with Crippen LogP contribution in [-0.4, -0.2) is 28.2 Å². The van der Waals surface area contributed by atoms with Gasteiger partial charge in [-0.3, -0.25) is 18.7 Å². The monoisotopic (exact) mass is 395 g/mol. The second-order valence-corrected chi connectivity index (χ2v) is 6.90. The van der Waals surface area contributed by atoms with Gasteiger partial charge in [0.05, 0.1) is 17.4 Å². The maximum Gasteiger partial charge on any atom is 0.331 e. The molecule has 3 aromatic rings. The average molecular weight is 395 g/mol. The summed E-state index contributed by atoms with van der Waals surface area (Å²) in [5, 5.41) is 3.18. The molecule has 0 radical (unpaired) electrons. The van der Waals surface area contributed by atoms with Gasteiger partial charge in [-0.05, 0) is 44.5 Å². The Bertz CT molecular complexity index is 1160. The van der Waals surface area contributed by atoms with Gasteiger partial charge in [0.25, 0.3) is 5.56 Å². The lowest BCUT2D eigenvalue weighted by atomic mass is 10.1. The predicted octanol–water partition coefficient (Wildman–Crippen LogP) is 2.00. The standard InChI is InChI=1S/C22H25N3O4/c1-4-24-21(27)17-7-5-6-8-18(17)25(22(24)28)14-20(26)23-11-12-29-19-10-9-15(2)13-16(19)3/h5-10,13H,4,11-12,14H2,1-3H3,(H,23,26). The fraction of sp³-hybridized carbons (Fsp3) is 0.318. The van der Waals surface area contributed by atoms with Crippen LogP contribution in [-0.2, 0) is 17.9 Å². The van der Waals surface area contributed by atoms with Gasteiger partial charge in [0.1, 0.15) is 18.9 Å². The van der Waals surface area contributed by atoms with Gasteiger partial charge in [0.15, 0.2) is 0 Å². The number of carbonyl (C=O) groups is 1. The van der Waals surface area contributed by atoms with E-state index in [2.05, 4.69) is 5.32 Å². The van der Waals surface area contributed by atoms with E-state index in [1.165, 1.54) is 4.57 Å². The maximum atomic E-state index is 12.7. The van der Waals surface area contributed by atoms with Crippen LogP contribution in [0.3, 0.4) is 0 Å². The molecule has 2 aromatic carbocycles. The first-order valence-electron chi connectivity index (χ1n) is 9.61. The zero-order chi connectivity index (χ0) is 21.0. The largest absolute Gasteiger partial charge is 0.491 e. The lowest BCUT2D eigenvalue weighted by molar-refractivity contribution is -0.121. The number of nitrogens with one attached hydrogen (secondary N) is 1. The number of benzene rings is 2. The van der Waals surface area contributed by atoms with E-state index in [-0.39, 0.29) is 24.6 Å². The van der Waals surface area contributed by atoms with Gasteiger partial charge in [-0.25, -0.2) is 4.79 Å². The molecule has 29 heavy (non-hydrogen) atoms. The number of nitrogens with zero attached hydrogens (tertiary/aromatic N) is 2. The maximum absolute atomic E-state index is 12.7. The highest BCUT2D eigenvalue weighted by Crippen LogP contribution is 2.18. The summed E-state index contributed by atoms with van der Waals surface area (Å²) in [6, 6.07) is 12.7. The zero-order valence-corrected chi connectivity index (χ0v) is 16.9. The summed E-state index contributed by atoms with van der Waals surface area (Å²) in [4.78, 5) is 37.5. The molecule has 0 aliphatic carbocycles. The first kappa shape index (κ1) is 20.4. The number of aromatic nitrogens is 2. The quantitative estimate of drug-likeness (QED) is 0.621. The first-order chi connectivity index (χ1) is 13.9. The van der Waals surface area contributed by atoms with E-state index in [1.54, 1.807) is 31.2 Å². The van der Waals surface area contributed by atoms with E-state index < -0.39 is 5.69 Å². The van der Waals surface area contributed by atoms with Gasteiger partial charge >= 0.3 is 5.69 Å². The van der Waals surface area contributed by atoms with Crippen molar-refractivity contribution >= 4 is 16.8 Å². The Balaban J connectivity index is 1.69. The third-order valence-corrected chi connectivity index (χ3v) is 4.76. The van der Waals surface area contributed by atoms with Crippen molar-refractivity contribution in [2.75, 3.05) is 13.2 Å². The number of para-hydroxylation sites is 1. The lowest BCUT2D eigenvalue weighted by Crippen LogP contribution is -2.42. The topological polar surface area (TPSA) is 82.3 Å². The molecule has 0 aliphatic rings. The van der Waals surface area contributed by atoms with Crippen LogP contribution >= 0.6 is 0 Å². The van der Waals surface area contributed by atoms with Gasteiger partial charge in [0, 0.05) is 6.54 Å². The third kappa shape index (κ3) is 4.39. The van der Waals surface area contributed by atoms with Crippen molar-refractivity contribution in [3.8, 4) is 5.75 Å². The van der Waals surface area contributed by atoms with Gasteiger partial charge in [-0.1, -0.05) is 29.8 Å². The Morgan fingerprint density at radius 1 is 1.07 bits per heavy atom. The molecular formula is C22H25N3O4. The molecule has 0 unspecified atom stereocenters. The van der Waals surface area contributed by atoms with Crippen LogP contribution < -0.4 is 21.3 Å². The molecule has 0 fully saturated rings. The molecule has 152 valence electrons. The number of aryl methyl sites for hydroxylation is 2. The molecule has 7 nitrogen and oxygen atoms in total. The Morgan fingerprint density at radius 3 is 2.55 bits per heavy atom. The minimum absolute atomic E-state index is 0.164. The molecule has 0 atom stereocenters. The SMILES string of the molecule is CCn1c(=O)c2ccccc2n(CC(=O)NCCOc2ccc(C)cc2C)c1=O. The third-order valence-electron chi connectivity index (χ3n) is 4.76. The summed E-state index contributed by atoms with van der Waals surface area (Å²) in [5.74, 6) is 0.463.